The number of rotatable bonds is 2. The third-order valence-corrected chi connectivity index (χ3v) is 10.2. The van der Waals surface area contributed by atoms with Gasteiger partial charge in [-0.15, -0.1) is 11.3 Å². The molecule has 1 aliphatic rings. The molecule has 0 spiro atoms. The summed E-state index contributed by atoms with van der Waals surface area (Å²) in [6.07, 6.45) is 0. The largest absolute Gasteiger partial charge is 0.456 e. The second-order valence-electron chi connectivity index (χ2n) is 11.3. The molecule has 7 aromatic carbocycles. The van der Waals surface area contributed by atoms with Crippen LogP contribution < -0.4 is 0 Å². The molecular formula is C40H22OS. The summed E-state index contributed by atoms with van der Waals surface area (Å²) in [6, 6.07) is 48.8. The maximum absolute atomic E-state index is 6.33. The molecule has 0 bridgehead atoms. The number of hydrogen-bond donors (Lipinski definition) is 0. The first-order valence-corrected chi connectivity index (χ1v) is 15.2. The maximum atomic E-state index is 6.33. The van der Waals surface area contributed by atoms with Gasteiger partial charge >= 0.3 is 0 Å². The molecule has 0 fully saturated rings. The van der Waals surface area contributed by atoms with Gasteiger partial charge in [0.2, 0.25) is 0 Å². The minimum Gasteiger partial charge on any atom is -0.456 e. The smallest absolute Gasteiger partial charge is 0.135 e. The summed E-state index contributed by atoms with van der Waals surface area (Å²) in [6.45, 7) is 0. The number of furan rings is 1. The molecule has 2 heteroatoms. The van der Waals surface area contributed by atoms with E-state index in [1.54, 1.807) is 0 Å². The zero-order valence-corrected chi connectivity index (χ0v) is 23.3. The molecule has 0 N–H and O–H groups in total. The number of fused-ring (bicyclic) bond motifs is 9. The van der Waals surface area contributed by atoms with Gasteiger partial charge in [-0.25, -0.2) is 0 Å². The van der Waals surface area contributed by atoms with E-state index in [1.165, 1.54) is 75.5 Å². The fourth-order valence-electron chi connectivity index (χ4n) is 7.11. The Morgan fingerprint density at radius 1 is 0.381 bits per heavy atom. The maximum Gasteiger partial charge on any atom is 0.135 e. The van der Waals surface area contributed by atoms with Crippen molar-refractivity contribution in [3.63, 3.8) is 0 Å². The monoisotopic (exact) mass is 550 g/mol. The molecule has 1 aliphatic carbocycles. The Morgan fingerprint density at radius 3 is 1.88 bits per heavy atom. The fraction of sp³-hybridized carbons (Fsp3) is 0. The summed E-state index contributed by atoms with van der Waals surface area (Å²) in [7, 11) is 0. The molecule has 0 saturated carbocycles. The molecule has 0 saturated heterocycles. The second kappa shape index (κ2) is 8.19. The summed E-state index contributed by atoms with van der Waals surface area (Å²) < 4.78 is 8.98. The molecule has 0 unspecified atom stereocenters. The number of hydrogen-bond acceptors (Lipinski definition) is 2. The zero-order valence-electron chi connectivity index (χ0n) is 22.5. The van der Waals surface area contributed by atoms with Gasteiger partial charge in [-0.2, -0.15) is 0 Å². The van der Waals surface area contributed by atoms with Crippen LogP contribution in [0.5, 0.6) is 0 Å². The minimum atomic E-state index is 0.920. The van der Waals surface area contributed by atoms with Gasteiger partial charge < -0.3 is 4.42 Å². The molecule has 0 radical (unpaired) electrons. The van der Waals surface area contributed by atoms with E-state index in [2.05, 4.69) is 133 Å². The Balaban J connectivity index is 1.15. The van der Waals surface area contributed by atoms with Crippen LogP contribution in [0.4, 0.5) is 0 Å². The Bertz CT molecular complexity index is 2570. The summed E-state index contributed by atoms with van der Waals surface area (Å²) in [5.74, 6) is 0. The lowest BCUT2D eigenvalue weighted by molar-refractivity contribution is 0.669. The van der Waals surface area contributed by atoms with Crippen LogP contribution >= 0.6 is 11.3 Å². The van der Waals surface area contributed by atoms with Crippen molar-refractivity contribution in [2.24, 2.45) is 0 Å². The van der Waals surface area contributed by atoms with Crippen LogP contribution in [0.3, 0.4) is 0 Å². The van der Waals surface area contributed by atoms with E-state index >= 15 is 0 Å². The molecule has 10 rings (SSSR count). The molecular weight excluding hydrogens is 529 g/mol. The fourth-order valence-corrected chi connectivity index (χ4v) is 8.24. The molecule has 2 aromatic heterocycles. The minimum absolute atomic E-state index is 0.920. The first kappa shape index (κ1) is 22.5. The first-order chi connectivity index (χ1) is 20.8. The highest BCUT2D eigenvalue weighted by molar-refractivity contribution is 7.25. The van der Waals surface area contributed by atoms with Crippen molar-refractivity contribution < 1.29 is 4.42 Å². The van der Waals surface area contributed by atoms with Crippen LogP contribution in [0.25, 0.3) is 97.4 Å². The topological polar surface area (TPSA) is 13.1 Å². The SMILES string of the molecule is c1cc2c3c(cccc3c1)-c1cc(-c3ccc4oc5ccc(-c6cccc7sc8ccccc8c67)cc5c4c3)ccc1-2. The van der Waals surface area contributed by atoms with Gasteiger partial charge in [0, 0.05) is 30.9 Å². The van der Waals surface area contributed by atoms with Crippen LogP contribution in [0.15, 0.2) is 138 Å². The Kier molecular flexibility index (Phi) is 4.39. The van der Waals surface area contributed by atoms with Crippen molar-refractivity contribution in [1.82, 2.24) is 0 Å². The van der Waals surface area contributed by atoms with Gasteiger partial charge in [-0.05, 0) is 97.7 Å². The molecule has 0 aliphatic heterocycles. The van der Waals surface area contributed by atoms with Crippen molar-refractivity contribution in [2.45, 2.75) is 0 Å². The summed E-state index contributed by atoms with van der Waals surface area (Å²) >= 11 is 1.86. The van der Waals surface area contributed by atoms with Crippen LogP contribution in [0, 0.1) is 0 Å². The highest BCUT2D eigenvalue weighted by Crippen LogP contribution is 2.48. The van der Waals surface area contributed by atoms with E-state index in [9.17, 15) is 0 Å². The van der Waals surface area contributed by atoms with Crippen molar-refractivity contribution in [2.75, 3.05) is 0 Å². The first-order valence-electron chi connectivity index (χ1n) is 14.3. The van der Waals surface area contributed by atoms with Gasteiger partial charge in [0.15, 0.2) is 0 Å². The van der Waals surface area contributed by atoms with Gasteiger partial charge in [0.25, 0.3) is 0 Å². The second-order valence-corrected chi connectivity index (χ2v) is 12.4. The van der Waals surface area contributed by atoms with Gasteiger partial charge in [-0.3, -0.25) is 0 Å². The normalized spacial score (nSPS) is 12.3. The van der Waals surface area contributed by atoms with Crippen LogP contribution in [-0.2, 0) is 0 Å². The summed E-state index contributed by atoms with van der Waals surface area (Å²) in [5.41, 5.74) is 12.0. The van der Waals surface area contributed by atoms with E-state index in [1.807, 2.05) is 11.3 Å². The average Bonchev–Trinajstić information content (AvgIpc) is 3.71. The van der Waals surface area contributed by atoms with Gasteiger partial charge in [-0.1, -0.05) is 91.0 Å². The summed E-state index contributed by atoms with van der Waals surface area (Å²) in [4.78, 5) is 0. The van der Waals surface area contributed by atoms with Gasteiger partial charge in [0.1, 0.15) is 11.2 Å². The van der Waals surface area contributed by atoms with Gasteiger partial charge in [0.05, 0.1) is 0 Å². The number of benzene rings is 7. The highest BCUT2D eigenvalue weighted by atomic mass is 32.1. The third-order valence-electron chi connectivity index (χ3n) is 9.02. The molecule has 194 valence electrons. The lowest BCUT2D eigenvalue weighted by Crippen LogP contribution is -1.82. The van der Waals surface area contributed by atoms with E-state index in [0.717, 1.165) is 21.9 Å². The Labute approximate surface area is 245 Å². The molecule has 9 aromatic rings. The lowest BCUT2D eigenvalue weighted by Gasteiger charge is -2.07. The molecule has 1 nitrogen and oxygen atoms in total. The lowest BCUT2D eigenvalue weighted by atomic mass is 9.95. The quantitative estimate of drug-likeness (QED) is 0.209. The molecule has 2 heterocycles. The summed E-state index contributed by atoms with van der Waals surface area (Å²) in [5, 5.41) is 7.62. The standard InChI is InChI=1S/C40H22OS/c1-2-12-37-31(8-1)40-27(9-5-13-38(40)42-37)26-16-19-36-34(22-26)33-21-25(15-18-35(33)41-36)24-14-17-28-29-10-3-6-23-7-4-11-30(39(23)29)32(28)20-24/h1-22H. The Morgan fingerprint density at radius 2 is 1.02 bits per heavy atom. The zero-order chi connectivity index (χ0) is 27.4. The highest BCUT2D eigenvalue weighted by Gasteiger charge is 2.21. The van der Waals surface area contributed by atoms with E-state index < -0.39 is 0 Å². The molecule has 0 atom stereocenters. The predicted molar refractivity (Wildman–Crippen MR) is 179 cm³/mol. The average molecular weight is 551 g/mol. The van der Waals surface area contributed by atoms with Crippen molar-refractivity contribution in [3.05, 3.63) is 133 Å². The molecule has 0 amide bonds. The number of thiophene rings is 1. The Hall–Kier alpha value is -5.18. The van der Waals surface area contributed by atoms with Crippen LogP contribution in [0.1, 0.15) is 0 Å². The van der Waals surface area contributed by atoms with E-state index in [-0.39, 0.29) is 0 Å². The van der Waals surface area contributed by atoms with E-state index in [0.29, 0.717) is 0 Å². The predicted octanol–water partition coefficient (Wildman–Crippen LogP) is 12.1. The van der Waals surface area contributed by atoms with Crippen LogP contribution in [0.2, 0.25) is 0 Å². The third kappa shape index (κ3) is 3.02. The van der Waals surface area contributed by atoms with Crippen molar-refractivity contribution in [1.29, 1.82) is 0 Å². The molecule has 42 heavy (non-hydrogen) atoms. The van der Waals surface area contributed by atoms with Crippen molar-refractivity contribution >= 4 is 64.2 Å². The van der Waals surface area contributed by atoms with Crippen LogP contribution in [-0.4, -0.2) is 0 Å². The van der Waals surface area contributed by atoms with E-state index in [4.69, 9.17) is 4.42 Å². The van der Waals surface area contributed by atoms with Crippen molar-refractivity contribution in [3.8, 4) is 44.5 Å².